The molecule has 0 aliphatic carbocycles. The van der Waals surface area contributed by atoms with E-state index in [1.165, 1.54) is 6.20 Å². The first-order chi connectivity index (χ1) is 16.6. The number of anilines is 2. The molecular formula is C24H34N6O3SSi. The summed E-state index contributed by atoms with van der Waals surface area (Å²) in [4.78, 5) is 33.5. The third-order valence-corrected chi connectivity index (χ3v) is 8.98. The molecular weight excluding hydrogens is 480 g/mol. The van der Waals surface area contributed by atoms with Gasteiger partial charge in [0, 0.05) is 26.1 Å². The number of ether oxygens (including phenoxy) is 1. The zero-order chi connectivity index (χ0) is 25.2. The van der Waals surface area contributed by atoms with E-state index in [1.807, 2.05) is 17.5 Å². The zero-order valence-corrected chi connectivity index (χ0v) is 22.6. The maximum absolute atomic E-state index is 13.3. The number of likely N-dealkylation sites (tertiary alicyclic amines) is 1. The standard InChI is InChI=1S/C24H34N6O3SSi/c1-16-7-8-19(20-6-5-10-34-20)29(14-16)24(32)23(31)28-18-13-26-22(25)17-12-27-30(21(17)18)15-33-9-11-35(2,3)4/h5-6,10,12-13,16,19H,7-9,11,14-15H2,1-4H3,(H2,25,26)(H,28,31)/t16-,19+/m1/s1. The Kier molecular flexibility index (Phi) is 7.58. The number of thiophene rings is 1. The fraction of sp³-hybridized carbons (Fsp3) is 0.500. The van der Waals surface area contributed by atoms with Crippen LogP contribution in [0.4, 0.5) is 11.5 Å². The normalized spacial score (nSPS) is 18.7. The van der Waals surface area contributed by atoms with Gasteiger partial charge in [0.15, 0.2) is 0 Å². The van der Waals surface area contributed by atoms with E-state index in [1.54, 1.807) is 27.1 Å². The number of piperidine rings is 1. The van der Waals surface area contributed by atoms with Crippen molar-refractivity contribution in [3.63, 3.8) is 0 Å². The summed E-state index contributed by atoms with van der Waals surface area (Å²) >= 11 is 1.61. The van der Waals surface area contributed by atoms with Crippen LogP contribution in [0.15, 0.2) is 29.9 Å². The van der Waals surface area contributed by atoms with Gasteiger partial charge in [-0.15, -0.1) is 11.3 Å². The molecule has 11 heteroatoms. The van der Waals surface area contributed by atoms with Crippen LogP contribution < -0.4 is 11.1 Å². The number of carbonyl (C=O) groups excluding carboxylic acids is 2. The predicted octanol–water partition coefficient (Wildman–Crippen LogP) is 4.33. The molecule has 0 saturated carbocycles. The molecule has 9 nitrogen and oxygen atoms in total. The largest absolute Gasteiger partial charge is 0.383 e. The summed E-state index contributed by atoms with van der Waals surface area (Å²) in [6.07, 6.45) is 4.94. The molecule has 1 aliphatic heterocycles. The number of hydrogen-bond donors (Lipinski definition) is 2. The fourth-order valence-corrected chi connectivity index (χ4v) is 5.93. The van der Waals surface area contributed by atoms with Crippen molar-refractivity contribution in [1.82, 2.24) is 19.7 Å². The highest BCUT2D eigenvalue weighted by molar-refractivity contribution is 7.10. The number of nitrogens with one attached hydrogen (secondary N) is 1. The fourth-order valence-electron chi connectivity index (χ4n) is 4.30. The molecule has 4 rings (SSSR count). The average molecular weight is 515 g/mol. The van der Waals surface area contributed by atoms with Crippen molar-refractivity contribution in [1.29, 1.82) is 0 Å². The van der Waals surface area contributed by atoms with E-state index in [0.717, 1.165) is 23.8 Å². The highest BCUT2D eigenvalue weighted by atomic mass is 32.1. The van der Waals surface area contributed by atoms with Gasteiger partial charge < -0.3 is 20.7 Å². The predicted molar refractivity (Wildman–Crippen MR) is 142 cm³/mol. The van der Waals surface area contributed by atoms with Crippen LogP contribution in [0.5, 0.6) is 0 Å². The van der Waals surface area contributed by atoms with E-state index < -0.39 is 19.9 Å². The summed E-state index contributed by atoms with van der Waals surface area (Å²) in [5.41, 5.74) is 7.04. The van der Waals surface area contributed by atoms with Crippen molar-refractivity contribution in [2.45, 2.75) is 58.2 Å². The minimum absolute atomic E-state index is 0.0840. The lowest BCUT2D eigenvalue weighted by Crippen LogP contribution is -2.46. The maximum Gasteiger partial charge on any atom is 0.314 e. The van der Waals surface area contributed by atoms with Crippen molar-refractivity contribution in [3.05, 3.63) is 34.8 Å². The molecule has 35 heavy (non-hydrogen) atoms. The topological polar surface area (TPSA) is 115 Å². The highest BCUT2D eigenvalue weighted by Crippen LogP contribution is 2.36. The lowest BCUT2D eigenvalue weighted by molar-refractivity contribution is -0.146. The first kappa shape index (κ1) is 25.3. The number of fused-ring (bicyclic) bond motifs is 1. The van der Waals surface area contributed by atoms with Crippen molar-refractivity contribution < 1.29 is 14.3 Å². The van der Waals surface area contributed by atoms with Gasteiger partial charge in [-0.05, 0) is 36.3 Å². The number of rotatable bonds is 7. The number of nitrogens with zero attached hydrogens (tertiary/aromatic N) is 4. The third-order valence-electron chi connectivity index (χ3n) is 6.31. The molecule has 0 aromatic carbocycles. The Labute approximate surface area is 210 Å². The summed E-state index contributed by atoms with van der Waals surface area (Å²) < 4.78 is 7.51. The van der Waals surface area contributed by atoms with Gasteiger partial charge >= 0.3 is 11.8 Å². The number of amides is 2. The van der Waals surface area contributed by atoms with E-state index in [-0.39, 0.29) is 12.8 Å². The number of nitrogen functional groups attached to an aromatic ring is 1. The van der Waals surface area contributed by atoms with E-state index in [9.17, 15) is 9.59 Å². The Morgan fingerprint density at radius 2 is 2.09 bits per heavy atom. The van der Waals surface area contributed by atoms with Crippen LogP contribution in [-0.2, 0) is 21.1 Å². The second-order valence-corrected chi connectivity index (χ2v) is 17.0. The van der Waals surface area contributed by atoms with Crippen molar-refractivity contribution >= 4 is 53.6 Å². The second kappa shape index (κ2) is 10.5. The average Bonchev–Trinajstić information content (AvgIpc) is 3.48. The third kappa shape index (κ3) is 5.91. The Bertz CT molecular complexity index is 1190. The van der Waals surface area contributed by atoms with Gasteiger partial charge in [0.1, 0.15) is 12.5 Å². The molecule has 188 valence electrons. The number of nitrogens with two attached hydrogens (primary N) is 1. The molecule has 4 heterocycles. The first-order valence-electron chi connectivity index (χ1n) is 12.0. The molecule has 3 aromatic heterocycles. The van der Waals surface area contributed by atoms with Crippen LogP contribution in [0.3, 0.4) is 0 Å². The Morgan fingerprint density at radius 3 is 2.80 bits per heavy atom. The van der Waals surface area contributed by atoms with Gasteiger partial charge in [-0.2, -0.15) is 5.10 Å². The molecule has 1 saturated heterocycles. The summed E-state index contributed by atoms with van der Waals surface area (Å²) in [6, 6.07) is 4.95. The van der Waals surface area contributed by atoms with Crippen LogP contribution in [0.1, 0.15) is 30.7 Å². The number of aromatic nitrogens is 3. The number of carbonyl (C=O) groups is 2. The van der Waals surface area contributed by atoms with Gasteiger partial charge in [-0.25, -0.2) is 9.67 Å². The van der Waals surface area contributed by atoms with Crippen molar-refractivity contribution in [2.24, 2.45) is 5.92 Å². The lowest BCUT2D eigenvalue weighted by atomic mass is 9.93. The second-order valence-electron chi connectivity index (χ2n) is 10.4. The Balaban J connectivity index is 1.53. The van der Waals surface area contributed by atoms with Gasteiger partial charge in [-0.1, -0.05) is 32.6 Å². The molecule has 3 N–H and O–H groups in total. The van der Waals surface area contributed by atoms with Gasteiger partial charge in [0.2, 0.25) is 0 Å². The monoisotopic (exact) mass is 514 g/mol. The van der Waals surface area contributed by atoms with Crippen molar-refractivity contribution in [2.75, 3.05) is 24.2 Å². The molecule has 0 bridgehead atoms. The summed E-state index contributed by atoms with van der Waals surface area (Å²) in [5, 5.41) is 9.77. The highest BCUT2D eigenvalue weighted by Gasteiger charge is 2.35. The van der Waals surface area contributed by atoms with E-state index in [2.05, 4.69) is 42.0 Å². The molecule has 3 aromatic rings. The van der Waals surface area contributed by atoms with Crippen LogP contribution in [0, 0.1) is 5.92 Å². The van der Waals surface area contributed by atoms with Crippen LogP contribution in [-0.4, -0.2) is 52.7 Å². The van der Waals surface area contributed by atoms with Crippen molar-refractivity contribution in [3.8, 4) is 0 Å². The lowest BCUT2D eigenvalue weighted by Gasteiger charge is -2.37. The molecule has 0 unspecified atom stereocenters. The summed E-state index contributed by atoms with van der Waals surface area (Å²) in [7, 11) is -1.22. The van der Waals surface area contributed by atoms with E-state index in [0.29, 0.717) is 41.5 Å². The first-order valence-corrected chi connectivity index (χ1v) is 16.6. The van der Waals surface area contributed by atoms with E-state index >= 15 is 0 Å². The van der Waals surface area contributed by atoms with Gasteiger partial charge in [0.05, 0.1) is 35.0 Å². The molecule has 2 atom stereocenters. The molecule has 0 spiro atoms. The maximum atomic E-state index is 13.3. The molecule has 1 aliphatic rings. The molecule has 1 fully saturated rings. The smallest absolute Gasteiger partial charge is 0.314 e. The van der Waals surface area contributed by atoms with Gasteiger partial charge in [-0.3, -0.25) is 9.59 Å². The van der Waals surface area contributed by atoms with Crippen LogP contribution >= 0.6 is 11.3 Å². The summed E-state index contributed by atoms with van der Waals surface area (Å²) in [6.45, 7) is 10.4. The van der Waals surface area contributed by atoms with Crippen LogP contribution in [0.25, 0.3) is 10.9 Å². The Hall–Kier alpha value is -2.76. The van der Waals surface area contributed by atoms with Gasteiger partial charge in [0.25, 0.3) is 0 Å². The SMILES string of the molecule is C[C@@H]1CC[C@@H](c2cccs2)N(C(=O)C(=O)Nc2cnc(N)c3cnn(COCC[Si](C)(C)C)c23)C1. The molecule has 2 amide bonds. The summed E-state index contributed by atoms with van der Waals surface area (Å²) in [5.74, 6) is -0.596. The zero-order valence-electron chi connectivity index (χ0n) is 20.8. The molecule has 0 radical (unpaired) electrons. The quantitative estimate of drug-likeness (QED) is 0.276. The number of pyridine rings is 1. The van der Waals surface area contributed by atoms with E-state index in [4.69, 9.17) is 10.5 Å². The Morgan fingerprint density at radius 1 is 1.29 bits per heavy atom. The minimum atomic E-state index is -1.22. The minimum Gasteiger partial charge on any atom is -0.383 e. The van der Waals surface area contributed by atoms with Crippen LogP contribution in [0.2, 0.25) is 25.7 Å². The number of hydrogen-bond acceptors (Lipinski definition) is 7.